The highest BCUT2D eigenvalue weighted by Crippen LogP contribution is 2.24. The zero-order valence-corrected chi connectivity index (χ0v) is 10.6. The first-order valence-electron chi connectivity index (χ1n) is 5.66. The molecule has 1 aromatic carbocycles. The standard InChI is InChI=1S/C14H18FNO/c1-5-16(9-10(2)3)13-8-6-7-12(15)14(13)11(4)17/h6-8H,2,5,9H2,1,3-4H3. The molecule has 1 aromatic rings. The van der Waals surface area contributed by atoms with Gasteiger partial charge in [0.2, 0.25) is 0 Å². The molecule has 0 aliphatic rings. The number of nitrogens with zero attached hydrogens (tertiary/aromatic N) is 1. The third-order valence-electron chi connectivity index (χ3n) is 2.53. The lowest BCUT2D eigenvalue weighted by atomic mass is 10.1. The molecule has 0 saturated heterocycles. The number of anilines is 1. The summed E-state index contributed by atoms with van der Waals surface area (Å²) in [7, 11) is 0. The van der Waals surface area contributed by atoms with E-state index in [9.17, 15) is 9.18 Å². The Kier molecular flexibility index (Phi) is 4.44. The van der Waals surface area contributed by atoms with Gasteiger partial charge in [0.25, 0.3) is 0 Å². The smallest absolute Gasteiger partial charge is 0.164 e. The molecular weight excluding hydrogens is 217 g/mol. The summed E-state index contributed by atoms with van der Waals surface area (Å²) < 4.78 is 13.7. The van der Waals surface area contributed by atoms with Gasteiger partial charge in [-0.15, -0.1) is 0 Å². The lowest BCUT2D eigenvalue weighted by molar-refractivity contribution is 0.101. The van der Waals surface area contributed by atoms with Crippen molar-refractivity contribution in [1.82, 2.24) is 0 Å². The first-order valence-corrected chi connectivity index (χ1v) is 5.66. The van der Waals surface area contributed by atoms with Gasteiger partial charge in [-0.3, -0.25) is 4.79 Å². The van der Waals surface area contributed by atoms with Crippen LogP contribution >= 0.6 is 0 Å². The van der Waals surface area contributed by atoms with Crippen LogP contribution in [-0.4, -0.2) is 18.9 Å². The topological polar surface area (TPSA) is 20.3 Å². The Balaban J connectivity index is 3.23. The summed E-state index contributed by atoms with van der Waals surface area (Å²) >= 11 is 0. The van der Waals surface area contributed by atoms with Crippen molar-refractivity contribution in [3.8, 4) is 0 Å². The van der Waals surface area contributed by atoms with Gasteiger partial charge in [-0.1, -0.05) is 18.2 Å². The Morgan fingerprint density at radius 3 is 2.53 bits per heavy atom. The van der Waals surface area contributed by atoms with Crippen molar-refractivity contribution >= 4 is 11.5 Å². The molecular formula is C14H18FNO. The number of carbonyl (C=O) groups excluding carboxylic acids is 1. The van der Waals surface area contributed by atoms with Crippen molar-refractivity contribution in [2.24, 2.45) is 0 Å². The summed E-state index contributed by atoms with van der Waals surface area (Å²) in [6, 6.07) is 4.71. The molecule has 1 rings (SSSR count). The van der Waals surface area contributed by atoms with Crippen LogP contribution in [0.25, 0.3) is 0 Å². The summed E-state index contributed by atoms with van der Waals surface area (Å²) in [6.45, 7) is 10.4. The fourth-order valence-corrected chi connectivity index (χ4v) is 1.82. The van der Waals surface area contributed by atoms with Gasteiger partial charge >= 0.3 is 0 Å². The monoisotopic (exact) mass is 235 g/mol. The predicted octanol–water partition coefficient (Wildman–Crippen LogP) is 3.43. The van der Waals surface area contributed by atoms with Crippen molar-refractivity contribution < 1.29 is 9.18 Å². The summed E-state index contributed by atoms with van der Waals surface area (Å²) in [5, 5.41) is 0. The minimum atomic E-state index is -0.463. The molecule has 2 nitrogen and oxygen atoms in total. The predicted molar refractivity (Wildman–Crippen MR) is 69.1 cm³/mol. The fraction of sp³-hybridized carbons (Fsp3) is 0.357. The Morgan fingerprint density at radius 2 is 2.06 bits per heavy atom. The van der Waals surface area contributed by atoms with Gasteiger partial charge in [0.05, 0.1) is 11.3 Å². The molecule has 0 aromatic heterocycles. The Hall–Kier alpha value is -1.64. The molecule has 0 spiro atoms. The van der Waals surface area contributed by atoms with E-state index >= 15 is 0 Å². The second kappa shape index (κ2) is 5.62. The molecule has 0 amide bonds. The van der Waals surface area contributed by atoms with E-state index in [-0.39, 0.29) is 11.3 Å². The molecule has 0 atom stereocenters. The van der Waals surface area contributed by atoms with Crippen molar-refractivity contribution in [3.63, 3.8) is 0 Å². The minimum Gasteiger partial charge on any atom is -0.367 e. The van der Waals surface area contributed by atoms with Crippen molar-refractivity contribution in [1.29, 1.82) is 0 Å². The van der Waals surface area contributed by atoms with E-state index in [0.717, 1.165) is 5.57 Å². The van der Waals surface area contributed by atoms with Crippen LogP contribution < -0.4 is 4.90 Å². The van der Waals surface area contributed by atoms with Gasteiger partial charge in [-0.25, -0.2) is 4.39 Å². The summed E-state index contributed by atoms with van der Waals surface area (Å²) in [5.74, 6) is -0.714. The molecule has 0 fully saturated rings. The minimum absolute atomic E-state index is 0.163. The highest BCUT2D eigenvalue weighted by molar-refractivity contribution is 6.00. The third kappa shape index (κ3) is 3.16. The number of hydrogen-bond acceptors (Lipinski definition) is 2. The van der Waals surface area contributed by atoms with E-state index < -0.39 is 5.82 Å². The van der Waals surface area contributed by atoms with Crippen LogP contribution in [0.1, 0.15) is 31.1 Å². The van der Waals surface area contributed by atoms with Crippen LogP contribution in [0, 0.1) is 5.82 Å². The first kappa shape index (κ1) is 13.4. The maximum absolute atomic E-state index is 13.7. The van der Waals surface area contributed by atoms with Crippen LogP contribution in [-0.2, 0) is 0 Å². The molecule has 0 heterocycles. The maximum atomic E-state index is 13.7. The summed E-state index contributed by atoms with van der Waals surface area (Å²) in [6.07, 6.45) is 0. The lowest BCUT2D eigenvalue weighted by Crippen LogP contribution is -2.26. The zero-order chi connectivity index (χ0) is 13.0. The highest BCUT2D eigenvalue weighted by atomic mass is 19.1. The van der Waals surface area contributed by atoms with Crippen LogP contribution in [0.2, 0.25) is 0 Å². The quantitative estimate of drug-likeness (QED) is 0.575. The van der Waals surface area contributed by atoms with Crippen molar-refractivity contribution in [3.05, 3.63) is 41.7 Å². The number of hydrogen-bond donors (Lipinski definition) is 0. The number of likely N-dealkylation sites (N-methyl/N-ethyl adjacent to an activating group) is 1. The van der Waals surface area contributed by atoms with Gasteiger partial charge < -0.3 is 4.90 Å². The summed E-state index contributed by atoms with van der Waals surface area (Å²) in [5.41, 5.74) is 1.78. The van der Waals surface area contributed by atoms with Crippen LogP contribution in [0.3, 0.4) is 0 Å². The molecule has 0 saturated carbocycles. The molecule has 92 valence electrons. The molecule has 0 aliphatic heterocycles. The van der Waals surface area contributed by atoms with Crippen molar-refractivity contribution in [2.45, 2.75) is 20.8 Å². The SMILES string of the molecule is C=C(C)CN(CC)c1cccc(F)c1C(C)=O. The first-order chi connectivity index (χ1) is 7.97. The Bertz CT molecular complexity index is 440. The van der Waals surface area contributed by atoms with Crippen LogP contribution in [0.15, 0.2) is 30.4 Å². The number of halogens is 1. The number of ketones is 1. The molecule has 0 aliphatic carbocycles. The molecule has 3 heteroatoms. The average Bonchev–Trinajstić information content (AvgIpc) is 2.24. The second-order valence-electron chi connectivity index (χ2n) is 4.16. The number of carbonyl (C=O) groups is 1. The van der Waals surface area contributed by atoms with Gasteiger partial charge in [-0.05, 0) is 32.9 Å². The molecule has 0 unspecified atom stereocenters. The van der Waals surface area contributed by atoms with E-state index in [0.29, 0.717) is 18.8 Å². The average molecular weight is 235 g/mol. The zero-order valence-electron chi connectivity index (χ0n) is 10.6. The van der Waals surface area contributed by atoms with Crippen LogP contribution in [0.4, 0.5) is 10.1 Å². The van der Waals surface area contributed by atoms with E-state index in [1.165, 1.54) is 13.0 Å². The van der Waals surface area contributed by atoms with Gasteiger partial charge in [-0.2, -0.15) is 0 Å². The van der Waals surface area contributed by atoms with Gasteiger partial charge in [0.15, 0.2) is 5.78 Å². The largest absolute Gasteiger partial charge is 0.367 e. The van der Waals surface area contributed by atoms with Crippen molar-refractivity contribution in [2.75, 3.05) is 18.0 Å². The molecule has 0 bridgehead atoms. The van der Waals surface area contributed by atoms with Gasteiger partial charge in [0, 0.05) is 13.1 Å². The molecule has 17 heavy (non-hydrogen) atoms. The van der Waals surface area contributed by atoms with Crippen LogP contribution in [0.5, 0.6) is 0 Å². The van der Waals surface area contributed by atoms with E-state index in [1.807, 2.05) is 18.7 Å². The van der Waals surface area contributed by atoms with Gasteiger partial charge in [0.1, 0.15) is 5.82 Å². The lowest BCUT2D eigenvalue weighted by Gasteiger charge is -2.25. The number of Topliss-reactive ketones (excluding diaryl/α,β-unsaturated/α-hetero) is 1. The van der Waals surface area contributed by atoms with E-state index in [2.05, 4.69) is 6.58 Å². The number of benzene rings is 1. The third-order valence-corrected chi connectivity index (χ3v) is 2.53. The Morgan fingerprint density at radius 1 is 1.41 bits per heavy atom. The molecule has 0 radical (unpaired) electrons. The normalized spacial score (nSPS) is 10.1. The van der Waals surface area contributed by atoms with E-state index in [1.54, 1.807) is 12.1 Å². The fourth-order valence-electron chi connectivity index (χ4n) is 1.82. The summed E-state index contributed by atoms with van der Waals surface area (Å²) in [4.78, 5) is 13.5. The highest BCUT2D eigenvalue weighted by Gasteiger charge is 2.16. The molecule has 0 N–H and O–H groups in total. The second-order valence-corrected chi connectivity index (χ2v) is 4.16. The Labute approximate surface area is 102 Å². The maximum Gasteiger partial charge on any atom is 0.164 e. The number of rotatable bonds is 5. The van der Waals surface area contributed by atoms with E-state index in [4.69, 9.17) is 0 Å².